The average molecular weight is 858 g/mol. The molecular formula is C40H39BrF6N8O2. The summed E-state index contributed by atoms with van der Waals surface area (Å²) in [6, 6.07) is 25.0. The molecule has 0 amide bonds. The zero-order chi connectivity index (χ0) is 41.8. The molecule has 17 heteroatoms. The topological polar surface area (TPSA) is 132 Å². The van der Waals surface area contributed by atoms with Gasteiger partial charge in [-0.05, 0) is 69.8 Å². The molecule has 1 N–H and O–H groups in total. The van der Waals surface area contributed by atoms with Crippen molar-refractivity contribution in [1.29, 1.82) is 0 Å². The van der Waals surface area contributed by atoms with Crippen LogP contribution in [0.25, 0.3) is 22.8 Å². The molecule has 2 aromatic heterocycles. The third kappa shape index (κ3) is 13.3. The number of tetrazole rings is 2. The van der Waals surface area contributed by atoms with Crippen molar-refractivity contribution in [3.05, 3.63) is 130 Å². The van der Waals surface area contributed by atoms with Gasteiger partial charge in [0.15, 0.2) is 5.78 Å². The number of Topliss-reactive ketones (excluding diaryl/α,β-unsaturated/α-hetero) is 2. The van der Waals surface area contributed by atoms with Gasteiger partial charge in [-0.3, -0.25) is 9.59 Å². The summed E-state index contributed by atoms with van der Waals surface area (Å²) in [6.07, 6.45) is -7.76. The van der Waals surface area contributed by atoms with Gasteiger partial charge in [-0.1, -0.05) is 116 Å². The Morgan fingerprint density at radius 2 is 1.11 bits per heavy atom. The van der Waals surface area contributed by atoms with E-state index in [1.165, 1.54) is 29.1 Å². The third-order valence-electron chi connectivity index (χ3n) is 8.38. The zero-order valence-corrected chi connectivity index (χ0v) is 32.9. The van der Waals surface area contributed by atoms with Crippen LogP contribution in [-0.4, -0.2) is 57.7 Å². The van der Waals surface area contributed by atoms with Crippen LogP contribution in [-0.2, 0) is 41.3 Å². The Balaban J connectivity index is 0.000000221. The molecule has 0 atom stereocenters. The molecule has 0 saturated carbocycles. The normalized spacial score (nSPS) is 11.5. The van der Waals surface area contributed by atoms with E-state index in [9.17, 15) is 35.9 Å². The Morgan fingerprint density at radius 3 is 1.49 bits per heavy atom. The number of ketones is 2. The quantitative estimate of drug-likeness (QED) is 0.101. The van der Waals surface area contributed by atoms with Crippen LogP contribution >= 0.6 is 15.9 Å². The maximum atomic E-state index is 12.7. The molecule has 57 heavy (non-hydrogen) atoms. The van der Waals surface area contributed by atoms with Crippen LogP contribution in [0.3, 0.4) is 0 Å². The number of halogens is 7. The number of nitrogens with one attached hydrogen (secondary N) is 1. The summed E-state index contributed by atoms with van der Waals surface area (Å²) in [5.41, 5.74) is 3.50. The SMILES string of the molecule is CC(C)C(=O)CBr.CC(C)C(=O)Cn1nnc(-c2ccccc2Cc2ccc(C(F)(F)F)cc2)n1.FC(F)(F)c1ccc(Cc2ccccc2-c2nn[nH]n2)cc1. The van der Waals surface area contributed by atoms with Crippen LogP contribution in [0.1, 0.15) is 61.1 Å². The highest BCUT2D eigenvalue weighted by Gasteiger charge is 2.30. The molecule has 0 unspecified atom stereocenters. The summed E-state index contributed by atoms with van der Waals surface area (Å²) in [6.45, 7) is 7.44. The van der Waals surface area contributed by atoms with Crippen LogP contribution < -0.4 is 0 Å². The minimum absolute atomic E-state index is 0.00184. The zero-order valence-electron chi connectivity index (χ0n) is 31.3. The van der Waals surface area contributed by atoms with Gasteiger partial charge in [0, 0.05) is 23.0 Å². The second-order valence-electron chi connectivity index (χ2n) is 13.3. The molecule has 4 aromatic carbocycles. The highest BCUT2D eigenvalue weighted by Crippen LogP contribution is 2.31. The minimum atomic E-state index is -4.35. The predicted molar refractivity (Wildman–Crippen MR) is 205 cm³/mol. The Labute approximate surface area is 333 Å². The number of hydrogen-bond donors (Lipinski definition) is 1. The van der Waals surface area contributed by atoms with Crippen LogP contribution in [0.15, 0.2) is 97.1 Å². The van der Waals surface area contributed by atoms with E-state index in [0.717, 1.165) is 57.6 Å². The van der Waals surface area contributed by atoms with Gasteiger partial charge in [0.05, 0.1) is 16.5 Å². The summed E-state index contributed by atoms with van der Waals surface area (Å²) in [5, 5.41) is 26.5. The van der Waals surface area contributed by atoms with Crippen molar-refractivity contribution >= 4 is 27.5 Å². The Hall–Kier alpha value is -5.58. The smallest absolute Gasteiger partial charge is 0.298 e. The number of aromatic amines is 1. The first kappa shape index (κ1) is 44.1. The van der Waals surface area contributed by atoms with Gasteiger partial charge in [0.2, 0.25) is 11.6 Å². The number of hydrogen-bond acceptors (Lipinski definition) is 8. The fourth-order valence-electron chi connectivity index (χ4n) is 5.02. The van der Waals surface area contributed by atoms with Crippen molar-refractivity contribution in [1.82, 2.24) is 40.8 Å². The van der Waals surface area contributed by atoms with E-state index < -0.39 is 23.5 Å². The molecule has 0 saturated heterocycles. The number of alkyl halides is 7. The van der Waals surface area contributed by atoms with Crippen molar-refractivity contribution in [2.24, 2.45) is 11.8 Å². The summed E-state index contributed by atoms with van der Waals surface area (Å²) in [7, 11) is 0. The van der Waals surface area contributed by atoms with Crippen molar-refractivity contribution in [2.45, 2.75) is 59.4 Å². The molecule has 0 spiro atoms. The highest BCUT2D eigenvalue weighted by molar-refractivity contribution is 9.09. The van der Waals surface area contributed by atoms with E-state index in [-0.39, 0.29) is 29.9 Å². The summed E-state index contributed by atoms with van der Waals surface area (Å²) < 4.78 is 75.9. The van der Waals surface area contributed by atoms with E-state index >= 15 is 0 Å². The number of carbonyl (C=O) groups is 2. The lowest BCUT2D eigenvalue weighted by Gasteiger charge is -2.09. The van der Waals surface area contributed by atoms with E-state index in [0.29, 0.717) is 29.8 Å². The average Bonchev–Trinajstić information content (AvgIpc) is 3.88. The molecule has 10 nitrogen and oxygen atoms in total. The maximum absolute atomic E-state index is 12.7. The summed E-state index contributed by atoms with van der Waals surface area (Å²) >= 11 is 3.07. The molecule has 0 aliphatic rings. The molecule has 6 rings (SSSR count). The fraction of sp³-hybridized carbons (Fsp3) is 0.300. The minimum Gasteiger partial charge on any atom is -0.298 e. The lowest BCUT2D eigenvalue weighted by atomic mass is 9.98. The fourth-order valence-corrected chi connectivity index (χ4v) is 5.67. The van der Waals surface area contributed by atoms with Crippen LogP contribution in [0.5, 0.6) is 0 Å². The lowest BCUT2D eigenvalue weighted by Crippen LogP contribution is -2.17. The van der Waals surface area contributed by atoms with E-state index in [1.807, 2.05) is 62.4 Å². The van der Waals surface area contributed by atoms with Gasteiger partial charge in [-0.2, -0.15) is 36.4 Å². The number of H-pyrrole nitrogens is 1. The van der Waals surface area contributed by atoms with Gasteiger partial charge >= 0.3 is 12.4 Å². The van der Waals surface area contributed by atoms with Gasteiger partial charge in [0.25, 0.3) is 0 Å². The lowest BCUT2D eigenvalue weighted by molar-refractivity contribution is -0.138. The van der Waals surface area contributed by atoms with Gasteiger partial charge in [0.1, 0.15) is 12.3 Å². The molecule has 300 valence electrons. The molecule has 6 aromatic rings. The van der Waals surface area contributed by atoms with Crippen molar-refractivity contribution in [2.75, 3.05) is 5.33 Å². The van der Waals surface area contributed by atoms with Crippen molar-refractivity contribution in [3.8, 4) is 22.8 Å². The summed E-state index contributed by atoms with van der Waals surface area (Å²) in [5.74, 6) is 1.16. The largest absolute Gasteiger partial charge is 0.416 e. The molecule has 0 aliphatic heterocycles. The Morgan fingerprint density at radius 1 is 0.649 bits per heavy atom. The third-order valence-corrected chi connectivity index (χ3v) is 8.94. The second-order valence-corrected chi connectivity index (χ2v) is 13.9. The van der Waals surface area contributed by atoms with Crippen molar-refractivity contribution in [3.63, 3.8) is 0 Å². The number of rotatable bonds is 11. The number of carbonyl (C=O) groups excluding carboxylic acids is 2. The Bertz CT molecular complexity index is 2190. The highest BCUT2D eigenvalue weighted by atomic mass is 79.9. The molecule has 0 bridgehead atoms. The number of nitrogens with zero attached hydrogens (tertiary/aromatic N) is 7. The van der Waals surface area contributed by atoms with Gasteiger partial charge in [-0.25, -0.2) is 0 Å². The van der Waals surface area contributed by atoms with Crippen LogP contribution in [0.4, 0.5) is 26.3 Å². The van der Waals surface area contributed by atoms with E-state index in [1.54, 1.807) is 13.8 Å². The first-order chi connectivity index (χ1) is 27.0. The molecule has 0 radical (unpaired) electrons. The van der Waals surface area contributed by atoms with E-state index in [2.05, 4.69) is 52.0 Å². The monoisotopic (exact) mass is 856 g/mol. The molecular weight excluding hydrogens is 818 g/mol. The first-order valence-corrected chi connectivity index (χ1v) is 18.7. The Kier molecular flexibility index (Phi) is 15.5. The molecule has 0 fully saturated rings. The van der Waals surface area contributed by atoms with Gasteiger partial charge in [-0.15, -0.1) is 20.4 Å². The second kappa shape index (κ2) is 20.0. The van der Waals surface area contributed by atoms with E-state index in [4.69, 9.17) is 0 Å². The van der Waals surface area contributed by atoms with Gasteiger partial charge < -0.3 is 0 Å². The summed E-state index contributed by atoms with van der Waals surface area (Å²) in [4.78, 5) is 23.6. The predicted octanol–water partition coefficient (Wildman–Crippen LogP) is 9.26. The number of benzene rings is 4. The number of aromatic nitrogens is 8. The molecule has 2 heterocycles. The molecule has 0 aliphatic carbocycles. The van der Waals surface area contributed by atoms with Crippen molar-refractivity contribution < 1.29 is 35.9 Å². The maximum Gasteiger partial charge on any atom is 0.416 e. The standard InChI is InChI=1S/C20H19F3N4O.C15H11F3N4.C5H9BrO/c1-13(2)18(28)12-27-25-19(24-26-27)17-6-4-3-5-15(17)11-14-7-9-16(10-8-14)20(21,22)23;16-15(17,18)12-7-5-10(6-8-12)9-11-3-1-2-4-13(11)14-19-21-22-20-14;1-4(2)5(7)3-6/h3-10,13H,11-12H2,1-2H3;1-8H,9H2,(H,19,20,21,22);4H,3H2,1-2H3. The van der Waals surface area contributed by atoms with Crippen LogP contribution in [0, 0.1) is 11.8 Å². The first-order valence-electron chi connectivity index (χ1n) is 17.6. The van der Waals surface area contributed by atoms with Crippen LogP contribution in [0.2, 0.25) is 0 Å².